The van der Waals surface area contributed by atoms with Crippen LogP contribution in [0.25, 0.3) is 0 Å². The van der Waals surface area contributed by atoms with E-state index in [-0.39, 0.29) is 0 Å². The minimum atomic E-state index is -3.63. The van der Waals surface area contributed by atoms with Crippen molar-refractivity contribution in [1.82, 2.24) is 0 Å². The fourth-order valence-corrected chi connectivity index (χ4v) is 4.39. The van der Waals surface area contributed by atoms with Crippen LogP contribution in [-0.2, 0) is 25.8 Å². The lowest BCUT2D eigenvalue weighted by atomic mass is 9.87. The zero-order valence-electron chi connectivity index (χ0n) is 12.0. The van der Waals surface area contributed by atoms with Crippen LogP contribution < -0.4 is 10.5 Å². The van der Waals surface area contributed by atoms with Gasteiger partial charge in [0.15, 0.2) is 9.84 Å². The molecule has 6 nitrogen and oxygen atoms in total. The summed E-state index contributed by atoms with van der Waals surface area (Å²) in [5.41, 5.74) is 7.90. The van der Waals surface area contributed by atoms with Gasteiger partial charge in [0.05, 0.1) is 19.5 Å². The van der Waals surface area contributed by atoms with E-state index in [2.05, 4.69) is 4.74 Å². The molecule has 2 rings (SSSR count). The molecule has 1 aliphatic rings. The lowest BCUT2D eigenvalue weighted by molar-refractivity contribution is -0.137. The third-order valence-electron chi connectivity index (χ3n) is 3.82. The number of benzene rings is 1. The zero-order chi connectivity index (χ0) is 15.6. The Labute approximate surface area is 124 Å². The number of fused-ring (bicyclic) bond motifs is 1. The van der Waals surface area contributed by atoms with Gasteiger partial charge in [0.25, 0.3) is 0 Å². The van der Waals surface area contributed by atoms with E-state index in [1.54, 1.807) is 19.2 Å². The molecular formula is C14H19NO5S. The molecule has 21 heavy (non-hydrogen) atoms. The minimum absolute atomic E-state index is 0.390. The van der Waals surface area contributed by atoms with Gasteiger partial charge < -0.3 is 15.2 Å². The number of hydrogen-bond donors (Lipinski definition) is 1. The van der Waals surface area contributed by atoms with Gasteiger partial charge in [-0.3, -0.25) is 4.79 Å². The molecule has 0 bridgehead atoms. The Kier molecular flexibility index (Phi) is 4.53. The first kappa shape index (κ1) is 15.8. The van der Waals surface area contributed by atoms with E-state index < -0.39 is 32.9 Å². The average molecular weight is 313 g/mol. The number of aryl methyl sites for hydroxylation is 1. The first-order valence-electron chi connectivity index (χ1n) is 6.60. The quantitative estimate of drug-likeness (QED) is 0.818. The minimum Gasteiger partial charge on any atom is -0.497 e. The Morgan fingerprint density at radius 2 is 2.10 bits per heavy atom. The standard InChI is InChI=1S/C14H19NO5S/c1-19-10-4-5-11-9(7-10)3-6-12(14(11)15)21(17,18)8-13(16)20-2/h4-5,7,12,14H,3,6,8,15H2,1-2H3. The van der Waals surface area contributed by atoms with Crippen LogP contribution in [0, 0.1) is 0 Å². The van der Waals surface area contributed by atoms with Gasteiger partial charge in [-0.2, -0.15) is 0 Å². The van der Waals surface area contributed by atoms with Crippen molar-refractivity contribution in [3.8, 4) is 5.75 Å². The van der Waals surface area contributed by atoms with Crippen molar-refractivity contribution in [1.29, 1.82) is 0 Å². The fourth-order valence-electron chi connectivity index (χ4n) is 2.66. The van der Waals surface area contributed by atoms with Crippen molar-refractivity contribution in [2.45, 2.75) is 24.1 Å². The van der Waals surface area contributed by atoms with Gasteiger partial charge in [-0.15, -0.1) is 0 Å². The number of ether oxygens (including phenoxy) is 2. The van der Waals surface area contributed by atoms with E-state index in [9.17, 15) is 13.2 Å². The Hall–Kier alpha value is -1.60. The molecule has 2 N–H and O–H groups in total. The lowest BCUT2D eigenvalue weighted by Gasteiger charge is -2.30. The van der Waals surface area contributed by atoms with E-state index in [4.69, 9.17) is 10.5 Å². The largest absolute Gasteiger partial charge is 0.497 e. The van der Waals surface area contributed by atoms with E-state index in [1.807, 2.05) is 6.07 Å². The van der Waals surface area contributed by atoms with Crippen LogP contribution in [0.1, 0.15) is 23.6 Å². The number of hydrogen-bond acceptors (Lipinski definition) is 6. The molecule has 0 radical (unpaired) electrons. The number of rotatable bonds is 4. The van der Waals surface area contributed by atoms with Crippen LogP contribution in [-0.4, -0.2) is 39.6 Å². The molecule has 0 saturated carbocycles. The number of sulfone groups is 1. The molecule has 1 aromatic rings. The monoisotopic (exact) mass is 313 g/mol. The summed E-state index contributed by atoms with van der Waals surface area (Å²) in [6, 6.07) is 4.78. The van der Waals surface area contributed by atoms with Crippen LogP contribution in [0.5, 0.6) is 5.75 Å². The Morgan fingerprint density at radius 1 is 1.38 bits per heavy atom. The third kappa shape index (κ3) is 3.19. The number of nitrogens with two attached hydrogens (primary N) is 1. The maximum absolute atomic E-state index is 12.3. The van der Waals surface area contributed by atoms with Gasteiger partial charge in [-0.05, 0) is 36.1 Å². The zero-order valence-corrected chi connectivity index (χ0v) is 12.9. The molecule has 0 amide bonds. The SMILES string of the molecule is COC(=O)CS(=O)(=O)C1CCc2cc(OC)ccc2C1N. The van der Waals surface area contributed by atoms with Gasteiger partial charge in [0.1, 0.15) is 11.5 Å². The van der Waals surface area contributed by atoms with E-state index in [0.29, 0.717) is 12.8 Å². The molecule has 0 saturated heterocycles. The van der Waals surface area contributed by atoms with Gasteiger partial charge in [0.2, 0.25) is 0 Å². The van der Waals surface area contributed by atoms with Crippen LogP contribution in [0.15, 0.2) is 18.2 Å². The summed E-state index contributed by atoms with van der Waals surface area (Å²) >= 11 is 0. The van der Waals surface area contributed by atoms with Crippen LogP contribution in [0.4, 0.5) is 0 Å². The van der Waals surface area contributed by atoms with Crippen molar-refractivity contribution in [2.75, 3.05) is 20.0 Å². The first-order valence-corrected chi connectivity index (χ1v) is 8.31. The molecule has 0 spiro atoms. The molecule has 0 fully saturated rings. The van der Waals surface area contributed by atoms with Crippen LogP contribution >= 0.6 is 0 Å². The molecule has 2 atom stereocenters. The molecule has 116 valence electrons. The van der Waals surface area contributed by atoms with Gasteiger partial charge >= 0.3 is 5.97 Å². The van der Waals surface area contributed by atoms with Crippen molar-refractivity contribution >= 4 is 15.8 Å². The molecular weight excluding hydrogens is 294 g/mol. The summed E-state index contributed by atoms with van der Waals surface area (Å²) in [6.07, 6.45) is 0.978. The normalized spacial score (nSPS) is 21.5. The second-order valence-corrected chi connectivity index (χ2v) is 7.27. The fraction of sp³-hybridized carbons (Fsp3) is 0.500. The molecule has 0 aliphatic heterocycles. The van der Waals surface area contributed by atoms with Gasteiger partial charge in [-0.1, -0.05) is 6.07 Å². The number of esters is 1. The first-order chi connectivity index (χ1) is 9.89. The second-order valence-electron chi connectivity index (χ2n) is 5.05. The summed E-state index contributed by atoms with van der Waals surface area (Å²) in [5, 5.41) is -0.766. The molecule has 7 heteroatoms. The van der Waals surface area contributed by atoms with Crippen LogP contribution in [0.3, 0.4) is 0 Å². The number of methoxy groups -OCH3 is 2. The molecule has 0 aromatic heterocycles. The summed E-state index contributed by atoms with van der Waals surface area (Å²) in [6.45, 7) is 0. The smallest absolute Gasteiger partial charge is 0.320 e. The summed E-state index contributed by atoms with van der Waals surface area (Å²) in [7, 11) is -0.889. The maximum Gasteiger partial charge on any atom is 0.320 e. The van der Waals surface area contributed by atoms with Crippen molar-refractivity contribution in [3.63, 3.8) is 0 Å². The van der Waals surface area contributed by atoms with Crippen LogP contribution in [0.2, 0.25) is 0 Å². The highest BCUT2D eigenvalue weighted by Gasteiger charge is 2.37. The highest BCUT2D eigenvalue weighted by atomic mass is 32.2. The maximum atomic E-state index is 12.3. The Balaban J connectivity index is 2.28. The second kappa shape index (κ2) is 6.03. The topological polar surface area (TPSA) is 95.7 Å². The third-order valence-corrected chi connectivity index (χ3v) is 5.91. The highest BCUT2D eigenvalue weighted by molar-refractivity contribution is 7.92. The Bertz CT molecular complexity index is 641. The molecule has 1 aliphatic carbocycles. The highest BCUT2D eigenvalue weighted by Crippen LogP contribution is 2.34. The Morgan fingerprint density at radius 3 is 2.71 bits per heavy atom. The lowest BCUT2D eigenvalue weighted by Crippen LogP contribution is -2.40. The van der Waals surface area contributed by atoms with E-state index in [1.165, 1.54) is 7.11 Å². The average Bonchev–Trinajstić information content (AvgIpc) is 2.46. The summed E-state index contributed by atoms with van der Waals surface area (Å²) in [5.74, 6) is -0.674. The summed E-state index contributed by atoms with van der Waals surface area (Å²) in [4.78, 5) is 11.2. The van der Waals surface area contributed by atoms with Crippen molar-refractivity contribution in [2.24, 2.45) is 5.73 Å². The van der Waals surface area contributed by atoms with Crippen molar-refractivity contribution < 1.29 is 22.7 Å². The van der Waals surface area contributed by atoms with E-state index >= 15 is 0 Å². The van der Waals surface area contributed by atoms with Gasteiger partial charge in [0, 0.05) is 6.04 Å². The number of carbonyl (C=O) groups excluding carboxylic acids is 1. The predicted molar refractivity (Wildman–Crippen MR) is 77.8 cm³/mol. The molecule has 2 unspecified atom stereocenters. The molecule has 1 aromatic carbocycles. The van der Waals surface area contributed by atoms with Crippen molar-refractivity contribution in [3.05, 3.63) is 29.3 Å². The number of carbonyl (C=O) groups is 1. The molecule has 0 heterocycles. The summed E-state index contributed by atoms with van der Waals surface area (Å²) < 4.78 is 34.2. The van der Waals surface area contributed by atoms with E-state index in [0.717, 1.165) is 16.9 Å². The van der Waals surface area contributed by atoms with Gasteiger partial charge in [-0.25, -0.2) is 8.42 Å². The predicted octanol–water partition coefficient (Wildman–Crippen LogP) is 0.598.